The van der Waals surface area contributed by atoms with Crippen LogP contribution in [-0.4, -0.2) is 67.7 Å². The van der Waals surface area contributed by atoms with Crippen molar-refractivity contribution in [1.82, 2.24) is 9.29 Å². The summed E-state index contributed by atoms with van der Waals surface area (Å²) in [7, 11) is -3.98. The fourth-order valence-corrected chi connectivity index (χ4v) is 6.65. The van der Waals surface area contributed by atoms with Crippen LogP contribution in [0.1, 0.15) is 17.4 Å². The van der Waals surface area contributed by atoms with Crippen molar-refractivity contribution in [2.24, 2.45) is 0 Å². The highest BCUT2D eigenvalue weighted by Gasteiger charge is 2.63. The molecule has 0 spiro atoms. The lowest BCUT2D eigenvalue weighted by Gasteiger charge is -2.40. The Hall–Kier alpha value is -2.50. The molecule has 1 unspecified atom stereocenters. The van der Waals surface area contributed by atoms with Gasteiger partial charge in [0.2, 0.25) is 4.34 Å². The quantitative estimate of drug-likeness (QED) is 0.440. The van der Waals surface area contributed by atoms with Gasteiger partial charge in [-0.2, -0.15) is 30.6 Å². The number of esters is 1. The van der Waals surface area contributed by atoms with Gasteiger partial charge in [0.25, 0.3) is 15.6 Å². The van der Waals surface area contributed by atoms with Crippen molar-refractivity contribution in [2.75, 3.05) is 31.6 Å². The lowest BCUT2D eigenvalue weighted by Crippen LogP contribution is -2.54. The van der Waals surface area contributed by atoms with Gasteiger partial charge in [-0.15, -0.1) is 11.3 Å². The van der Waals surface area contributed by atoms with Gasteiger partial charge in [0.05, 0.1) is 17.6 Å². The Morgan fingerprint density at radius 1 is 1.19 bits per heavy atom. The molecule has 3 rings (SSSR count). The van der Waals surface area contributed by atoms with E-state index < -0.39 is 60.6 Å². The number of halogens is 7. The van der Waals surface area contributed by atoms with Gasteiger partial charge in [0, 0.05) is 37.6 Å². The average molecular weight is 565 g/mol. The number of hydrogen-bond acceptors (Lipinski definition) is 8. The number of carbonyl (C=O) groups is 1. The molecule has 17 heteroatoms. The zero-order valence-electron chi connectivity index (χ0n) is 18.4. The molecule has 1 aromatic heterocycles. The molecule has 200 valence electrons. The maximum atomic E-state index is 13.5. The van der Waals surface area contributed by atoms with Crippen LogP contribution in [0.2, 0.25) is 0 Å². The summed E-state index contributed by atoms with van der Waals surface area (Å²) in [5.74, 6) is -3.20. The number of alkyl halides is 6. The van der Waals surface area contributed by atoms with E-state index in [0.717, 1.165) is 16.4 Å². The molecule has 2 heterocycles. The van der Waals surface area contributed by atoms with Crippen LogP contribution in [0.15, 0.2) is 28.7 Å². The average Bonchev–Trinajstić information content (AvgIpc) is 3.28. The summed E-state index contributed by atoms with van der Waals surface area (Å²) in [6, 6.07) is 1.10. The van der Waals surface area contributed by atoms with Gasteiger partial charge in [-0.05, 0) is 25.1 Å². The van der Waals surface area contributed by atoms with Crippen LogP contribution >= 0.6 is 11.3 Å². The zero-order chi connectivity index (χ0) is 27.3. The summed E-state index contributed by atoms with van der Waals surface area (Å²) < 4.78 is 124. The van der Waals surface area contributed by atoms with E-state index in [9.17, 15) is 49.1 Å². The lowest BCUT2D eigenvalue weighted by molar-refractivity contribution is -0.265. The summed E-state index contributed by atoms with van der Waals surface area (Å²) in [5, 5.41) is 10.0. The number of benzene rings is 1. The van der Waals surface area contributed by atoms with Gasteiger partial charge in [-0.1, -0.05) is 0 Å². The van der Waals surface area contributed by atoms with Gasteiger partial charge in [0.1, 0.15) is 5.82 Å². The van der Waals surface area contributed by atoms with E-state index >= 15 is 0 Å². The normalized spacial score (nSPS) is 19.7. The van der Waals surface area contributed by atoms with Crippen LogP contribution in [0.3, 0.4) is 0 Å². The van der Waals surface area contributed by atoms with Gasteiger partial charge < -0.3 is 14.7 Å². The third-order valence-electron chi connectivity index (χ3n) is 5.43. The number of hydrogen-bond donors (Lipinski definition) is 1. The van der Waals surface area contributed by atoms with Crippen molar-refractivity contribution < 1.29 is 53.8 Å². The van der Waals surface area contributed by atoms with Gasteiger partial charge in [-0.3, -0.25) is 0 Å². The molecule has 2 atom stereocenters. The zero-order valence-corrected chi connectivity index (χ0v) is 20.0. The highest BCUT2D eigenvalue weighted by molar-refractivity contribution is 7.91. The van der Waals surface area contributed by atoms with Crippen LogP contribution in [0, 0.1) is 5.82 Å². The van der Waals surface area contributed by atoms with Crippen molar-refractivity contribution in [2.45, 2.75) is 35.3 Å². The van der Waals surface area contributed by atoms with Crippen LogP contribution in [0.4, 0.5) is 36.4 Å². The fourth-order valence-electron chi connectivity index (χ4n) is 3.68. The molecule has 0 amide bonds. The van der Waals surface area contributed by atoms with E-state index in [0.29, 0.717) is 19.4 Å². The Bertz CT molecular complexity index is 1250. The summed E-state index contributed by atoms with van der Waals surface area (Å²) in [6.45, 7) is 0.454. The molecule has 36 heavy (non-hydrogen) atoms. The van der Waals surface area contributed by atoms with E-state index in [1.165, 1.54) is 11.8 Å². The Labute approximate surface area is 204 Å². The molecule has 0 radical (unpaired) electrons. The standard InChI is InChI=1S/C19H18F7N3O5S2/c1-10-9-28(13-4-3-11(20)7-12(13)18(21,22)23)5-6-29(10)36(32,33)16-27-8-14(35-16)17(31,15(30)34-2)19(24,25)26/h3-4,7-8,10,31H,5-6,9H2,1-2H3/t10-,17?/m1/s1. The number of nitrogens with zero attached hydrogens (tertiary/aromatic N) is 3. The van der Waals surface area contributed by atoms with E-state index in [-0.39, 0.29) is 36.7 Å². The molecule has 1 aromatic carbocycles. The first-order valence-corrected chi connectivity index (χ1v) is 12.2. The maximum absolute atomic E-state index is 13.5. The monoisotopic (exact) mass is 565 g/mol. The fraction of sp³-hybridized carbons (Fsp3) is 0.474. The summed E-state index contributed by atoms with van der Waals surface area (Å²) in [6.07, 6.45) is -10.1. The first-order chi connectivity index (χ1) is 16.4. The first-order valence-electron chi connectivity index (χ1n) is 9.92. The van der Waals surface area contributed by atoms with Crippen molar-refractivity contribution in [3.63, 3.8) is 0 Å². The Morgan fingerprint density at radius 2 is 1.83 bits per heavy atom. The number of sulfonamides is 1. The largest absolute Gasteiger partial charge is 0.466 e. The van der Waals surface area contributed by atoms with Crippen molar-refractivity contribution in [3.05, 3.63) is 40.7 Å². The lowest BCUT2D eigenvalue weighted by atomic mass is 10.0. The summed E-state index contributed by atoms with van der Waals surface area (Å²) >= 11 is -0.0980. The minimum atomic E-state index is -5.56. The van der Waals surface area contributed by atoms with Crippen LogP contribution in [-0.2, 0) is 31.3 Å². The highest BCUT2D eigenvalue weighted by Crippen LogP contribution is 2.43. The van der Waals surface area contributed by atoms with Crippen LogP contribution < -0.4 is 4.90 Å². The third-order valence-corrected chi connectivity index (χ3v) is 8.92. The topological polar surface area (TPSA) is 100 Å². The minimum absolute atomic E-state index is 0.0980. The van der Waals surface area contributed by atoms with Crippen LogP contribution in [0.25, 0.3) is 0 Å². The number of ether oxygens (including phenoxy) is 1. The number of aliphatic hydroxyl groups is 1. The van der Waals surface area contributed by atoms with Gasteiger partial charge in [0.15, 0.2) is 0 Å². The molecule has 2 aromatic rings. The second kappa shape index (κ2) is 9.42. The van der Waals surface area contributed by atoms with Gasteiger partial charge in [-0.25, -0.2) is 22.6 Å². The van der Waals surface area contributed by atoms with Crippen molar-refractivity contribution >= 4 is 33.0 Å². The SMILES string of the molecule is COC(=O)C(O)(c1cnc(S(=O)(=O)N2CCN(c3ccc(F)cc3C(F)(F)F)C[C@H]2C)s1)C(F)(F)F. The molecule has 1 aliphatic rings. The molecule has 1 N–H and O–H groups in total. The Balaban J connectivity index is 1.90. The number of methoxy groups -OCH3 is 1. The third kappa shape index (κ3) is 4.88. The highest BCUT2D eigenvalue weighted by atomic mass is 32.2. The Kier molecular flexibility index (Phi) is 7.35. The van der Waals surface area contributed by atoms with Crippen molar-refractivity contribution in [1.29, 1.82) is 0 Å². The van der Waals surface area contributed by atoms with Gasteiger partial charge >= 0.3 is 18.3 Å². The number of thiazole rings is 1. The molecule has 0 aliphatic carbocycles. The first kappa shape index (κ1) is 28.1. The molecular weight excluding hydrogens is 547 g/mol. The van der Waals surface area contributed by atoms with E-state index in [1.807, 2.05) is 0 Å². The van der Waals surface area contributed by atoms with Crippen LogP contribution in [0.5, 0.6) is 0 Å². The number of anilines is 1. The second-order valence-electron chi connectivity index (χ2n) is 7.76. The molecule has 0 bridgehead atoms. The van der Waals surface area contributed by atoms with E-state index in [1.54, 1.807) is 0 Å². The number of piperazine rings is 1. The molecule has 1 saturated heterocycles. The number of rotatable bonds is 5. The minimum Gasteiger partial charge on any atom is -0.466 e. The number of carbonyl (C=O) groups excluding carboxylic acids is 1. The summed E-state index contributed by atoms with van der Waals surface area (Å²) in [4.78, 5) is 15.2. The summed E-state index contributed by atoms with van der Waals surface area (Å²) in [5.41, 5.74) is -5.77. The number of aromatic nitrogens is 1. The molecule has 1 fully saturated rings. The molecular formula is C19H18F7N3O5S2. The van der Waals surface area contributed by atoms with E-state index in [4.69, 9.17) is 0 Å². The molecule has 0 saturated carbocycles. The molecule has 8 nitrogen and oxygen atoms in total. The second-order valence-corrected chi connectivity index (χ2v) is 10.9. The Morgan fingerprint density at radius 3 is 2.36 bits per heavy atom. The smallest absolute Gasteiger partial charge is 0.433 e. The molecule has 1 aliphatic heterocycles. The maximum Gasteiger partial charge on any atom is 0.433 e. The van der Waals surface area contributed by atoms with Crippen molar-refractivity contribution in [3.8, 4) is 0 Å². The van der Waals surface area contributed by atoms with E-state index in [2.05, 4.69) is 9.72 Å². The predicted molar refractivity (Wildman–Crippen MR) is 111 cm³/mol. The predicted octanol–water partition coefficient (Wildman–Crippen LogP) is 3.12.